The van der Waals surface area contributed by atoms with Crippen molar-refractivity contribution in [1.29, 1.82) is 0 Å². The first-order chi connectivity index (χ1) is 14.7. The number of rotatable bonds is 4. The molecule has 0 saturated carbocycles. The highest BCUT2D eigenvalue weighted by molar-refractivity contribution is 7.90. The summed E-state index contributed by atoms with van der Waals surface area (Å²) in [5.41, 5.74) is 4.16. The van der Waals surface area contributed by atoms with Gasteiger partial charge in [0.15, 0.2) is 0 Å². The number of nitrogens with zero attached hydrogens (tertiary/aromatic N) is 1. The minimum Gasteiger partial charge on any atom is -0.352 e. The van der Waals surface area contributed by atoms with Crippen LogP contribution in [0.5, 0.6) is 0 Å². The van der Waals surface area contributed by atoms with Crippen LogP contribution < -0.4 is 5.32 Å². The summed E-state index contributed by atoms with van der Waals surface area (Å²) in [6.07, 6.45) is 1.48. The lowest BCUT2D eigenvalue weighted by Gasteiger charge is -2.19. The summed E-state index contributed by atoms with van der Waals surface area (Å²) < 4.78 is 29.8. The average Bonchev–Trinajstić information content (AvgIpc) is 2.73. The van der Waals surface area contributed by atoms with Gasteiger partial charge in [-0.3, -0.25) is 4.79 Å². The molecular weight excluding hydrogens is 432 g/mol. The second-order valence-corrected chi connectivity index (χ2v) is 9.32. The second kappa shape index (κ2) is 8.13. The lowest BCUT2D eigenvalue weighted by atomic mass is 9.92. The summed E-state index contributed by atoms with van der Waals surface area (Å²) >= 11 is 5.87. The largest absolute Gasteiger partial charge is 0.352 e. The normalized spacial score (nSPS) is 14.9. The predicted molar refractivity (Wildman–Crippen MR) is 124 cm³/mol. The van der Waals surface area contributed by atoms with E-state index in [0.29, 0.717) is 16.1 Å². The molecule has 0 bridgehead atoms. The third-order valence-corrected chi connectivity index (χ3v) is 6.51. The first-order valence-corrected chi connectivity index (χ1v) is 11.4. The third kappa shape index (κ3) is 4.31. The maximum Gasteiger partial charge on any atom is 0.282 e. The van der Waals surface area contributed by atoms with Crippen molar-refractivity contribution in [2.45, 2.75) is 18.7 Å². The molecule has 0 unspecified atom stereocenters. The standard InChI is InChI=1S/C24H19ClN2O3S/c1-15-7-12-21(16(2)13-15)26-23-14-22(19-5-3-4-6-20(19)24(23)28)27-31(29,30)18-10-8-17(25)9-11-18/h3-14,26H,1-2H3/b27-22-. The van der Waals surface area contributed by atoms with Crippen LogP contribution in [0.1, 0.15) is 27.0 Å². The Kier molecular flexibility index (Phi) is 5.52. The van der Waals surface area contributed by atoms with Gasteiger partial charge in [0.2, 0.25) is 5.78 Å². The zero-order chi connectivity index (χ0) is 22.2. The van der Waals surface area contributed by atoms with Gasteiger partial charge in [0.25, 0.3) is 10.0 Å². The molecule has 0 radical (unpaired) electrons. The van der Waals surface area contributed by atoms with Gasteiger partial charge in [-0.15, -0.1) is 0 Å². The summed E-state index contributed by atoms with van der Waals surface area (Å²) in [4.78, 5) is 13.1. The number of allylic oxidation sites excluding steroid dienone is 2. The fourth-order valence-corrected chi connectivity index (χ4v) is 4.51. The van der Waals surface area contributed by atoms with E-state index >= 15 is 0 Å². The van der Waals surface area contributed by atoms with Gasteiger partial charge in [-0.2, -0.15) is 12.8 Å². The molecule has 0 aromatic heterocycles. The number of anilines is 1. The van der Waals surface area contributed by atoms with Crippen molar-refractivity contribution in [3.8, 4) is 0 Å². The number of benzene rings is 3. The maximum absolute atomic E-state index is 13.1. The topological polar surface area (TPSA) is 75.6 Å². The molecule has 4 rings (SSSR count). The molecule has 3 aromatic rings. The molecule has 1 aliphatic carbocycles. The van der Waals surface area contributed by atoms with Crippen LogP contribution >= 0.6 is 11.6 Å². The highest BCUT2D eigenvalue weighted by Crippen LogP contribution is 2.26. The molecule has 0 saturated heterocycles. The Morgan fingerprint density at radius 1 is 0.903 bits per heavy atom. The van der Waals surface area contributed by atoms with Crippen LogP contribution in [0.2, 0.25) is 5.02 Å². The highest BCUT2D eigenvalue weighted by atomic mass is 35.5. The Hall–Kier alpha value is -3.22. The molecule has 3 aromatic carbocycles. The number of sulfonamides is 1. The highest BCUT2D eigenvalue weighted by Gasteiger charge is 2.26. The molecule has 5 nitrogen and oxygen atoms in total. The van der Waals surface area contributed by atoms with E-state index in [-0.39, 0.29) is 22.1 Å². The van der Waals surface area contributed by atoms with E-state index in [1.807, 2.05) is 32.0 Å². The molecule has 1 aliphatic rings. The molecule has 31 heavy (non-hydrogen) atoms. The van der Waals surface area contributed by atoms with E-state index in [9.17, 15) is 13.2 Å². The van der Waals surface area contributed by atoms with Crippen molar-refractivity contribution >= 4 is 38.8 Å². The Morgan fingerprint density at radius 2 is 1.58 bits per heavy atom. The molecule has 0 fully saturated rings. The quantitative estimate of drug-likeness (QED) is 0.583. The van der Waals surface area contributed by atoms with Crippen LogP contribution in [-0.4, -0.2) is 19.9 Å². The fourth-order valence-electron chi connectivity index (χ4n) is 3.39. The van der Waals surface area contributed by atoms with E-state index in [0.717, 1.165) is 16.8 Å². The summed E-state index contributed by atoms with van der Waals surface area (Å²) in [5.74, 6) is -0.224. The van der Waals surface area contributed by atoms with E-state index < -0.39 is 10.0 Å². The van der Waals surface area contributed by atoms with Crippen LogP contribution in [0.15, 0.2) is 87.8 Å². The maximum atomic E-state index is 13.1. The van der Waals surface area contributed by atoms with E-state index in [2.05, 4.69) is 9.71 Å². The van der Waals surface area contributed by atoms with Crippen molar-refractivity contribution in [1.82, 2.24) is 0 Å². The zero-order valence-corrected chi connectivity index (χ0v) is 18.5. The number of hydrogen-bond donors (Lipinski definition) is 1. The number of aryl methyl sites for hydroxylation is 2. The molecule has 1 N–H and O–H groups in total. The Bertz CT molecular complexity index is 1360. The minimum absolute atomic E-state index is 0.0241. The van der Waals surface area contributed by atoms with Gasteiger partial charge in [-0.25, -0.2) is 0 Å². The molecular formula is C24H19ClN2O3S. The summed E-state index contributed by atoms with van der Waals surface area (Å²) in [7, 11) is -4.00. The smallest absolute Gasteiger partial charge is 0.282 e. The third-order valence-electron chi connectivity index (χ3n) is 4.95. The number of fused-ring (bicyclic) bond motifs is 1. The summed E-state index contributed by atoms with van der Waals surface area (Å²) in [5, 5.41) is 3.58. The SMILES string of the molecule is Cc1ccc(NC2=C/C(=N/S(=O)(=O)c3ccc(Cl)cc3)c3ccccc3C2=O)c(C)c1. The molecule has 0 aliphatic heterocycles. The Labute approximate surface area is 186 Å². The summed E-state index contributed by atoms with van der Waals surface area (Å²) in [6.45, 7) is 3.93. The Balaban J connectivity index is 1.82. The van der Waals surface area contributed by atoms with Crippen molar-refractivity contribution < 1.29 is 13.2 Å². The van der Waals surface area contributed by atoms with Gasteiger partial charge in [-0.05, 0) is 55.8 Å². The van der Waals surface area contributed by atoms with E-state index in [1.54, 1.807) is 24.3 Å². The van der Waals surface area contributed by atoms with Crippen LogP contribution in [0.3, 0.4) is 0 Å². The van der Waals surface area contributed by atoms with Crippen LogP contribution in [0.4, 0.5) is 5.69 Å². The van der Waals surface area contributed by atoms with Crippen LogP contribution in [-0.2, 0) is 10.0 Å². The lowest BCUT2D eigenvalue weighted by molar-refractivity contribution is 0.103. The molecule has 0 amide bonds. The van der Waals surface area contributed by atoms with Gasteiger partial charge in [0.05, 0.1) is 16.3 Å². The summed E-state index contributed by atoms with van der Waals surface area (Å²) in [6, 6.07) is 18.5. The lowest BCUT2D eigenvalue weighted by Crippen LogP contribution is -2.23. The van der Waals surface area contributed by atoms with Crippen molar-refractivity contribution in [2.24, 2.45) is 4.40 Å². The van der Waals surface area contributed by atoms with Gasteiger partial charge in [0.1, 0.15) is 0 Å². The van der Waals surface area contributed by atoms with Crippen LogP contribution in [0.25, 0.3) is 0 Å². The number of Topliss-reactive ketones (excluding diaryl/α,β-unsaturated/α-hetero) is 1. The molecule has 7 heteroatoms. The number of nitrogens with one attached hydrogen (secondary N) is 1. The first kappa shape index (κ1) is 21.0. The predicted octanol–water partition coefficient (Wildman–Crippen LogP) is 5.33. The minimum atomic E-state index is -4.00. The van der Waals surface area contributed by atoms with Gasteiger partial charge < -0.3 is 5.32 Å². The number of ketones is 1. The molecule has 0 heterocycles. The van der Waals surface area contributed by atoms with E-state index in [4.69, 9.17) is 11.6 Å². The monoisotopic (exact) mass is 450 g/mol. The number of halogens is 1. The number of carbonyl (C=O) groups excluding carboxylic acids is 1. The molecule has 0 spiro atoms. The van der Waals surface area contributed by atoms with Crippen LogP contribution in [0, 0.1) is 13.8 Å². The van der Waals surface area contributed by atoms with Crippen molar-refractivity contribution in [3.05, 3.63) is 106 Å². The average molecular weight is 451 g/mol. The number of carbonyl (C=O) groups is 1. The van der Waals surface area contributed by atoms with Gasteiger partial charge in [0, 0.05) is 21.8 Å². The molecule has 156 valence electrons. The van der Waals surface area contributed by atoms with Gasteiger partial charge >= 0.3 is 0 Å². The van der Waals surface area contributed by atoms with Gasteiger partial charge in [-0.1, -0.05) is 53.6 Å². The molecule has 0 atom stereocenters. The van der Waals surface area contributed by atoms with Crippen molar-refractivity contribution in [2.75, 3.05) is 5.32 Å². The number of hydrogen-bond acceptors (Lipinski definition) is 4. The Morgan fingerprint density at radius 3 is 2.26 bits per heavy atom. The first-order valence-electron chi connectivity index (χ1n) is 9.55. The second-order valence-electron chi connectivity index (χ2n) is 7.28. The fraction of sp³-hybridized carbons (Fsp3) is 0.0833. The van der Waals surface area contributed by atoms with E-state index in [1.165, 1.54) is 30.3 Å². The zero-order valence-electron chi connectivity index (χ0n) is 16.9. The van der Waals surface area contributed by atoms with Crippen molar-refractivity contribution in [3.63, 3.8) is 0 Å².